The van der Waals surface area contributed by atoms with Crippen molar-refractivity contribution in [1.82, 2.24) is 5.32 Å². The van der Waals surface area contributed by atoms with Gasteiger partial charge in [0.05, 0.1) is 6.33 Å². The molecule has 0 spiro atoms. The summed E-state index contributed by atoms with van der Waals surface area (Å²) < 4.78 is 11.7. The van der Waals surface area contributed by atoms with Crippen LogP contribution < -0.4 is 5.32 Å². The standard InChI is InChI=1S/C5H8FNO2S/c6-1-4(3-10)2-7-5(8)9/h1,7,10H,2-3H2,(H,8,9). The van der Waals surface area contributed by atoms with Crippen LogP contribution in [0.5, 0.6) is 0 Å². The SMILES string of the molecule is O=C(O)NCC(=CF)CS. The maximum atomic E-state index is 11.7. The molecule has 0 bridgehead atoms. The van der Waals surface area contributed by atoms with Crippen LogP contribution in [0.4, 0.5) is 9.18 Å². The molecule has 0 saturated carbocycles. The van der Waals surface area contributed by atoms with Crippen LogP contribution in [0, 0.1) is 0 Å². The third-order valence-corrected chi connectivity index (χ3v) is 1.23. The number of rotatable bonds is 3. The minimum absolute atomic E-state index is 0.00463. The summed E-state index contributed by atoms with van der Waals surface area (Å²) in [7, 11) is 0. The summed E-state index contributed by atoms with van der Waals surface area (Å²) >= 11 is 3.76. The Morgan fingerprint density at radius 1 is 1.80 bits per heavy atom. The fourth-order valence-corrected chi connectivity index (χ4v) is 0.499. The van der Waals surface area contributed by atoms with Gasteiger partial charge in [0.15, 0.2) is 0 Å². The van der Waals surface area contributed by atoms with E-state index in [1.165, 1.54) is 0 Å². The van der Waals surface area contributed by atoms with Crippen molar-refractivity contribution in [2.24, 2.45) is 0 Å². The summed E-state index contributed by atoms with van der Waals surface area (Å²) in [6.45, 7) is -0.00463. The van der Waals surface area contributed by atoms with E-state index in [4.69, 9.17) is 5.11 Å². The van der Waals surface area contributed by atoms with Gasteiger partial charge in [0.2, 0.25) is 0 Å². The average Bonchev–Trinajstić information content (AvgIpc) is 1.90. The molecular formula is C5H8FNO2S. The summed E-state index contributed by atoms with van der Waals surface area (Å²) in [5.41, 5.74) is 0.311. The summed E-state index contributed by atoms with van der Waals surface area (Å²) in [6.07, 6.45) is -0.815. The van der Waals surface area contributed by atoms with Gasteiger partial charge >= 0.3 is 6.09 Å². The Bertz CT molecular complexity index is 149. The third-order valence-electron chi connectivity index (χ3n) is 0.824. The van der Waals surface area contributed by atoms with Gasteiger partial charge in [0.1, 0.15) is 0 Å². The third kappa shape index (κ3) is 4.20. The molecule has 0 atom stereocenters. The molecule has 10 heavy (non-hydrogen) atoms. The van der Waals surface area contributed by atoms with Crippen molar-refractivity contribution < 1.29 is 14.3 Å². The topological polar surface area (TPSA) is 49.3 Å². The molecule has 58 valence electrons. The quantitative estimate of drug-likeness (QED) is 0.547. The zero-order valence-corrected chi connectivity index (χ0v) is 6.07. The number of nitrogens with one attached hydrogen (secondary N) is 1. The lowest BCUT2D eigenvalue weighted by molar-refractivity contribution is 0.195. The predicted octanol–water partition coefficient (Wildman–Crippen LogP) is 1.04. The first-order valence-corrected chi connectivity index (χ1v) is 3.19. The van der Waals surface area contributed by atoms with Gasteiger partial charge in [-0.3, -0.25) is 0 Å². The second kappa shape index (κ2) is 5.10. The Balaban J connectivity index is 3.56. The Labute approximate surface area is 63.3 Å². The summed E-state index contributed by atoms with van der Waals surface area (Å²) in [6, 6.07) is 0. The summed E-state index contributed by atoms with van der Waals surface area (Å²) in [5.74, 6) is 0.219. The zero-order valence-electron chi connectivity index (χ0n) is 5.17. The maximum absolute atomic E-state index is 11.7. The minimum Gasteiger partial charge on any atom is -0.465 e. The Morgan fingerprint density at radius 3 is 2.70 bits per heavy atom. The average molecular weight is 165 g/mol. The molecule has 0 radical (unpaired) electrons. The first kappa shape index (κ1) is 9.29. The molecule has 0 heterocycles. The number of carboxylic acid groups (broad SMARTS) is 1. The van der Waals surface area contributed by atoms with E-state index in [0.717, 1.165) is 0 Å². The van der Waals surface area contributed by atoms with E-state index in [0.29, 0.717) is 11.9 Å². The molecule has 0 saturated heterocycles. The van der Waals surface area contributed by atoms with Crippen LogP contribution in [0.2, 0.25) is 0 Å². The second-order valence-electron chi connectivity index (χ2n) is 1.58. The number of amides is 1. The zero-order chi connectivity index (χ0) is 7.98. The van der Waals surface area contributed by atoms with E-state index < -0.39 is 6.09 Å². The van der Waals surface area contributed by atoms with E-state index in [-0.39, 0.29) is 12.3 Å². The Morgan fingerprint density at radius 2 is 2.40 bits per heavy atom. The van der Waals surface area contributed by atoms with E-state index in [2.05, 4.69) is 12.6 Å². The first-order valence-electron chi connectivity index (χ1n) is 2.56. The fraction of sp³-hybridized carbons (Fsp3) is 0.400. The van der Waals surface area contributed by atoms with Gasteiger partial charge in [-0.25, -0.2) is 9.18 Å². The van der Waals surface area contributed by atoms with Crippen molar-refractivity contribution in [3.05, 3.63) is 11.9 Å². The first-order chi connectivity index (χ1) is 4.70. The lowest BCUT2D eigenvalue weighted by Gasteiger charge is -1.99. The largest absolute Gasteiger partial charge is 0.465 e. The normalized spacial score (nSPS) is 11.2. The smallest absolute Gasteiger partial charge is 0.404 e. The highest BCUT2D eigenvalue weighted by Gasteiger charge is 1.96. The van der Waals surface area contributed by atoms with Gasteiger partial charge in [-0.15, -0.1) is 0 Å². The van der Waals surface area contributed by atoms with Gasteiger partial charge in [0, 0.05) is 12.3 Å². The van der Waals surface area contributed by atoms with E-state index in [1.54, 1.807) is 0 Å². The minimum atomic E-state index is -1.17. The number of halogens is 1. The molecule has 0 aromatic rings. The molecule has 0 aliphatic rings. The van der Waals surface area contributed by atoms with Crippen LogP contribution in [0.3, 0.4) is 0 Å². The second-order valence-corrected chi connectivity index (χ2v) is 1.90. The van der Waals surface area contributed by atoms with Crippen molar-refractivity contribution in [3.63, 3.8) is 0 Å². The van der Waals surface area contributed by atoms with Gasteiger partial charge < -0.3 is 10.4 Å². The molecule has 1 amide bonds. The monoisotopic (exact) mass is 165 g/mol. The lowest BCUT2D eigenvalue weighted by atomic mass is 10.3. The van der Waals surface area contributed by atoms with Crippen molar-refractivity contribution in [2.45, 2.75) is 0 Å². The van der Waals surface area contributed by atoms with Crippen LogP contribution in [-0.2, 0) is 0 Å². The van der Waals surface area contributed by atoms with Crippen molar-refractivity contribution >= 4 is 18.7 Å². The maximum Gasteiger partial charge on any atom is 0.404 e. The van der Waals surface area contributed by atoms with Crippen LogP contribution in [0.25, 0.3) is 0 Å². The molecule has 0 unspecified atom stereocenters. The lowest BCUT2D eigenvalue weighted by Crippen LogP contribution is -2.23. The van der Waals surface area contributed by atoms with Crippen molar-refractivity contribution in [1.29, 1.82) is 0 Å². The number of thiol groups is 1. The molecule has 0 aliphatic carbocycles. The molecule has 0 aliphatic heterocycles. The fourth-order valence-electron chi connectivity index (χ4n) is 0.318. The molecule has 2 N–H and O–H groups in total. The van der Waals surface area contributed by atoms with Crippen molar-refractivity contribution in [2.75, 3.05) is 12.3 Å². The summed E-state index contributed by atoms with van der Waals surface area (Å²) in [5, 5.41) is 10.1. The van der Waals surface area contributed by atoms with E-state index >= 15 is 0 Å². The highest BCUT2D eigenvalue weighted by molar-refractivity contribution is 7.80. The molecule has 0 aromatic carbocycles. The summed E-state index contributed by atoms with van der Waals surface area (Å²) in [4.78, 5) is 9.85. The number of carbonyl (C=O) groups is 1. The van der Waals surface area contributed by atoms with Gasteiger partial charge in [-0.1, -0.05) is 0 Å². The van der Waals surface area contributed by atoms with Crippen LogP contribution >= 0.6 is 12.6 Å². The highest BCUT2D eigenvalue weighted by atomic mass is 32.1. The van der Waals surface area contributed by atoms with Gasteiger partial charge in [0.25, 0.3) is 0 Å². The van der Waals surface area contributed by atoms with Crippen LogP contribution in [0.15, 0.2) is 11.9 Å². The molecular weight excluding hydrogens is 157 g/mol. The van der Waals surface area contributed by atoms with Crippen LogP contribution in [0.1, 0.15) is 0 Å². The highest BCUT2D eigenvalue weighted by Crippen LogP contribution is 1.95. The van der Waals surface area contributed by atoms with Crippen LogP contribution in [-0.4, -0.2) is 23.5 Å². The number of hydrogen-bond donors (Lipinski definition) is 3. The molecule has 5 heteroatoms. The van der Waals surface area contributed by atoms with Crippen molar-refractivity contribution in [3.8, 4) is 0 Å². The molecule has 0 rings (SSSR count). The predicted molar refractivity (Wildman–Crippen MR) is 39.1 cm³/mol. The number of hydrogen-bond acceptors (Lipinski definition) is 2. The molecule has 0 fully saturated rings. The Kier molecular flexibility index (Phi) is 4.74. The molecule has 3 nitrogen and oxygen atoms in total. The Hall–Kier alpha value is -0.710. The van der Waals surface area contributed by atoms with E-state index in [1.807, 2.05) is 5.32 Å². The van der Waals surface area contributed by atoms with E-state index in [9.17, 15) is 9.18 Å². The van der Waals surface area contributed by atoms with Gasteiger partial charge in [-0.05, 0) is 5.57 Å². The van der Waals surface area contributed by atoms with Gasteiger partial charge in [-0.2, -0.15) is 12.6 Å². The molecule has 0 aromatic heterocycles.